The SMILES string of the molecule is CC(=O)N(NCCO)c1c(I)c(C(=O)NCCO)c(I)c(C(=O)NCCO)c1I. The summed E-state index contributed by atoms with van der Waals surface area (Å²) in [6, 6.07) is 0. The normalized spacial score (nSPS) is 10.6. The third-order valence-corrected chi connectivity index (χ3v) is 6.64. The number of benzene rings is 1. The Morgan fingerprint density at radius 2 is 1.21 bits per heavy atom. The van der Waals surface area contributed by atoms with E-state index in [2.05, 4.69) is 16.1 Å². The molecule has 0 heterocycles. The predicted molar refractivity (Wildman–Crippen MR) is 132 cm³/mol. The second-order valence-electron chi connectivity index (χ2n) is 5.49. The average molecular weight is 746 g/mol. The average Bonchev–Trinajstić information content (AvgIpc) is 2.66. The lowest BCUT2D eigenvalue weighted by Gasteiger charge is -2.27. The Hall–Kier alpha value is -0.340. The number of nitrogens with zero attached hydrogens (tertiary/aromatic N) is 1. The predicted octanol–water partition coefficient (Wildman–Crippen LogP) is -0.206. The highest BCUT2D eigenvalue weighted by Crippen LogP contribution is 2.37. The number of rotatable bonds is 10. The molecule has 0 bridgehead atoms. The van der Waals surface area contributed by atoms with Gasteiger partial charge in [0.05, 0.1) is 43.8 Å². The lowest BCUT2D eigenvalue weighted by molar-refractivity contribution is -0.117. The van der Waals surface area contributed by atoms with Crippen molar-refractivity contribution in [1.82, 2.24) is 16.1 Å². The molecule has 0 unspecified atom stereocenters. The third-order valence-electron chi connectivity index (χ3n) is 3.46. The van der Waals surface area contributed by atoms with Crippen molar-refractivity contribution in [3.8, 4) is 0 Å². The van der Waals surface area contributed by atoms with E-state index in [9.17, 15) is 14.4 Å². The molecule has 0 aliphatic rings. The van der Waals surface area contributed by atoms with Gasteiger partial charge >= 0.3 is 0 Å². The van der Waals surface area contributed by atoms with E-state index in [1.807, 2.05) is 67.8 Å². The molecule has 1 aromatic rings. The molecule has 0 radical (unpaired) electrons. The summed E-state index contributed by atoms with van der Waals surface area (Å²) in [7, 11) is 0. The number of carbonyl (C=O) groups is 3. The van der Waals surface area contributed by atoms with Gasteiger partial charge in [-0.25, -0.2) is 10.4 Å². The van der Waals surface area contributed by atoms with Crippen molar-refractivity contribution < 1.29 is 29.7 Å². The second-order valence-corrected chi connectivity index (χ2v) is 8.72. The summed E-state index contributed by atoms with van der Waals surface area (Å²) >= 11 is 5.75. The van der Waals surface area contributed by atoms with Crippen LogP contribution in [0.3, 0.4) is 0 Å². The summed E-state index contributed by atoms with van der Waals surface area (Å²) in [4.78, 5) is 37.7. The third kappa shape index (κ3) is 6.82. The first-order valence-electron chi connectivity index (χ1n) is 8.36. The molecule has 29 heavy (non-hydrogen) atoms. The molecule has 0 saturated heterocycles. The zero-order valence-corrected chi connectivity index (χ0v) is 21.9. The van der Waals surface area contributed by atoms with Gasteiger partial charge in [0.15, 0.2) is 0 Å². The fourth-order valence-corrected chi connectivity index (χ4v) is 6.90. The van der Waals surface area contributed by atoms with Crippen LogP contribution < -0.4 is 21.1 Å². The summed E-state index contributed by atoms with van der Waals surface area (Å²) in [6.07, 6.45) is 0. The van der Waals surface area contributed by atoms with Crippen molar-refractivity contribution in [2.45, 2.75) is 6.92 Å². The van der Waals surface area contributed by atoms with E-state index in [0.29, 0.717) is 16.4 Å². The number of carbonyl (C=O) groups excluding carboxylic acids is 3. The largest absolute Gasteiger partial charge is 0.395 e. The molecular weight excluding hydrogens is 725 g/mol. The van der Waals surface area contributed by atoms with Crippen LogP contribution in [-0.4, -0.2) is 72.5 Å². The fourth-order valence-electron chi connectivity index (χ4n) is 2.27. The van der Waals surface area contributed by atoms with Gasteiger partial charge in [0.2, 0.25) is 5.91 Å². The fraction of sp³-hybridized carbons (Fsp3) is 0.438. The van der Waals surface area contributed by atoms with E-state index in [1.165, 1.54) is 11.9 Å². The molecule has 6 N–H and O–H groups in total. The van der Waals surface area contributed by atoms with Gasteiger partial charge in [0.1, 0.15) is 0 Å². The van der Waals surface area contributed by atoms with Crippen LogP contribution in [0.5, 0.6) is 0 Å². The van der Waals surface area contributed by atoms with Gasteiger partial charge in [-0.15, -0.1) is 0 Å². The van der Waals surface area contributed by atoms with Gasteiger partial charge in [0, 0.05) is 30.1 Å². The number of halogens is 3. The first-order chi connectivity index (χ1) is 13.7. The Bertz CT molecular complexity index is 731. The van der Waals surface area contributed by atoms with Gasteiger partial charge < -0.3 is 26.0 Å². The Balaban J connectivity index is 3.74. The van der Waals surface area contributed by atoms with E-state index in [0.717, 1.165) is 0 Å². The van der Waals surface area contributed by atoms with Crippen molar-refractivity contribution in [3.05, 3.63) is 21.8 Å². The van der Waals surface area contributed by atoms with Crippen molar-refractivity contribution in [2.24, 2.45) is 0 Å². The second kappa shape index (κ2) is 13.2. The molecule has 0 fully saturated rings. The number of aliphatic hydroxyl groups is 3. The highest BCUT2D eigenvalue weighted by molar-refractivity contribution is 14.1. The van der Waals surface area contributed by atoms with Crippen molar-refractivity contribution in [1.29, 1.82) is 0 Å². The lowest BCUT2D eigenvalue weighted by Crippen LogP contribution is -2.45. The van der Waals surface area contributed by atoms with E-state index >= 15 is 0 Å². The quantitative estimate of drug-likeness (QED) is 0.144. The molecule has 0 aliphatic carbocycles. The number of amides is 3. The van der Waals surface area contributed by atoms with Crippen LogP contribution in [0.25, 0.3) is 0 Å². The van der Waals surface area contributed by atoms with Crippen molar-refractivity contribution in [3.63, 3.8) is 0 Å². The van der Waals surface area contributed by atoms with E-state index < -0.39 is 17.7 Å². The Labute approximate surface area is 208 Å². The minimum absolute atomic E-state index is 0.0253. The number of nitrogens with one attached hydrogen (secondary N) is 3. The molecule has 13 heteroatoms. The molecule has 0 saturated carbocycles. The molecular formula is C16H21I3N4O6. The maximum absolute atomic E-state index is 12.7. The standard InChI is InChI=1S/C16H21I3N4O6/c1-8(27)23(22-4-7-26)14-12(18)9(15(28)20-2-5-24)11(17)10(13(14)19)16(29)21-3-6-25/h22,24-26H,2-7H2,1H3,(H,20,28)(H,21,29). The summed E-state index contributed by atoms with van der Waals surface area (Å²) in [5, 5.41) is 33.4. The van der Waals surface area contributed by atoms with Crippen LogP contribution in [0.4, 0.5) is 5.69 Å². The first kappa shape index (κ1) is 26.7. The number of hydrogen-bond donors (Lipinski definition) is 6. The molecule has 0 spiro atoms. The van der Waals surface area contributed by atoms with E-state index in [1.54, 1.807) is 0 Å². The Morgan fingerprint density at radius 3 is 1.55 bits per heavy atom. The molecule has 162 valence electrons. The van der Waals surface area contributed by atoms with Crippen molar-refractivity contribution >= 4 is 91.2 Å². The number of aliphatic hydroxyl groups excluding tert-OH is 3. The van der Waals surface area contributed by atoms with Crippen LogP contribution in [0.1, 0.15) is 27.6 Å². The van der Waals surface area contributed by atoms with Gasteiger partial charge in [-0.1, -0.05) is 0 Å². The minimum Gasteiger partial charge on any atom is -0.395 e. The number of anilines is 1. The Kier molecular flexibility index (Phi) is 12.1. The molecule has 1 aromatic carbocycles. The van der Waals surface area contributed by atoms with E-state index in [-0.39, 0.29) is 50.6 Å². The maximum Gasteiger partial charge on any atom is 0.253 e. The van der Waals surface area contributed by atoms with Crippen LogP contribution >= 0.6 is 67.8 Å². The van der Waals surface area contributed by atoms with Gasteiger partial charge in [0.25, 0.3) is 11.8 Å². The topological polar surface area (TPSA) is 151 Å². The molecule has 10 nitrogen and oxygen atoms in total. The molecule has 0 aliphatic heterocycles. The lowest BCUT2D eigenvalue weighted by atomic mass is 10.1. The van der Waals surface area contributed by atoms with Crippen LogP contribution in [-0.2, 0) is 4.79 Å². The number of hydrogen-bond acceptors (Lipinski definition) is 7. The summed E-state index contributed by atoms with van der Waals surface area (Å²) in [5.41, 5.74) is 3.45. The van der Waals surface area contributed by atoms with Crippen LogP contribution in [0.15, 0.2) is 0 Å². The van der Waals surface area contributed by atoms with Crippen molar-refractivity contribution in [2.75, 3.05) is 44.5 Å². The molecule has 0 aromatic heterocycles. The van der Waals surface area contributed by atoms with Crippen LogP contribution in [0, 0.1) is 10.7 Å². The summed E-state index contributed by atoms with van der Waals surface area (Å²) in [6.45, 7) is 0.709. The maximum atomic E-state index is 12.7. The van der Waals surface area contributed by atoms with E-state index in [4.69, 9.17) is 15.3 Å². The molecule has 3 amide bonds. The minimum atomic E-state index is -0.507. The summed E-state index contributed by atoms with van der Waals surface area (Å²) < 4.78 is 1.22. The monoisotopic (exact) mass is 746 g/mol. The first-order valence-corrected chi connectivity index (χ1v) is 11.6. The highest BCUT2D eigenvalue weighted by atomic mass is 127. The molecule has 1 rings (SSSR count). The zero-order chi connectivity index (χ0) is 22.1. The highest BCUT2D eigenvalue weighted by Gasteiger charge is 2.31. The van der Waals surface area contributed by atoms with Gasteiger partial charge in [-0.2, -0.15) is 0 Å². The number of hydrazine groups is 1. The Morgan fingerprint density at radius 1 is 0.793 bits per heavy atom. The molecule has 0 atom stereocenters. The smallest absolute Gasteiger partial charge is 0.253 e. The zero-order valence-electron chi connectivity index (χ0n) is 15.4. The van der Waals surface area contributed by atoms with Gasteiger partial charge in [-0.05, 0) is 67.8 Å². The summed E-state index contributed by atoms with van der Waals surface area (Å²) in [5.74, 6) is -1.42. The van der Waals surface area contributed by atoms with Gasteiger partial charge in [-0.3, -0.25) is 14.4 Å². The van der Waals surface area contributed by atoms with Crippen LogP contribution in [0.2, 0.25) is 0 Å².